The summed E-state index contributed by atoms with van der Waals surface area (Å²) in [5.74, 6) is 0. The van der Waals surface area contributed by atoms with E-state index in [9.17, 15) is 14.1 Å². The Balaban J connectivity index is 1.53. The molecule has 0 spiro atoms. The molecule has 0 saturated heterocycles. The standard InChI is InChI=1S/C26H32N6O3S/c1-25(2)14-13-18-22(17-11-8-12-19(17)28-23(18)25)29-24(33)31-36(27,35)21-15-20(26(3,4)34)32(30-21)16-9-6-5-7-10-16/h5-7,9-10,15,34H,8,11-14H2,1-4H3,(H3,27,28,29,31,33,35). The second kappa shape index (κ2) is 8.50. The van der Waals surface area contributed by atoms with Crippen LogP contribution < -0.4 is 10.5 Å². The predicted molar refractivity (Wildman–Crippen MR) is 138 cm³/mol. The molecule has 190 valence electrons. The number of hydrogen-bond acceptors (Lipinski definition) is 5. The maximum Gasteiger partial charge on any atom is 0.354 e. The van der Waals surface area contributed by atoms with Crippen LogP contribution in [-0.4, -0.2) is 30.1 Å². The van der Waals surface area contributed by atoms with E-state index >= 15 is 0 Å². The highest BCUT2D eigenvalue weighted by Crippen LogP contribution is 2.44. The number of carbonyl (C=O) groups is 1. The van der Waals surface area contributed by atoms with Crippen molar-refractivity contribution in [2.45, 2.75) is 75.8 Å². The molecule has 2 aliphatic carbocycles. The van der Waals surface area contributed by atoms with Gasteiger partial charge in [-0.2, -0.15) is 5.10 Å². The van der Waals surface area contributed by atoms with Gasteiger partial charge in [-0.15, -0.1) is 4.36 Å². The molecular formula is C26H32N6O3S. The third kappa shape index (κ3) is 4.33. The predicted octanol–water partition coefficient (Wildman–Crippen LogP) is 4.14. The van der Waals surface area contributed by atoms with Crippen LogP contribution in [0.3, 0.4) is 0 Å². The lowest BCUT2D eigenvalue weighted by atomic mass is 9.90. The van der Waals surface area contributed by atoms with Crippen LogP contribution in [0.1, 0.15) is 68.7 Å². The SMILES string of the molecule is CC(C)(O)c1cc(S(N)(=O)=NC(=O)Nc2c3c(nc4c2CCC4(C)C)CCC3)nn1-c1ccccc1. The maximum absolute atomic E-state index is 13.5. The first-order valence-corrected chi connectivity index (χ1v) is 13.7. The number of anilines is 1. The summed E-state index contributed by atoms with van der Waals surface area (Å²) in [4.78, 5) is 18.0. The number of nitrogens with two attached hydrogens (primary N) is 1. The van der Waals surface area contributed by atoms with E-state index in [2.05, 4.69) is 28.6 Å². The van der Waals surface area contributed by atoms with Gasteiger partial charge >= 0.3 is 6.03 Å². The van der Waals surface area contributed by atoms with Crippen LogP contribution in [-0.2, 0) is 40.2 Å². The molecule has 1 atom stereocenters. The Bertz CT molecular complexity index is 1480. The molecule has 1 unspecified atom stereocenters. The number of pyridine rings is 1. The van der Waals surface area contributed by atoms with Gasteiger partial charge in [0, 0.05) is 17.2 Å². The van der Waals surface area contributed by atoms with Crippen molar-refractivity contribution in [2.24, 2.45) is 9.50 Å². The van der Waals surface area contributed by atoms with Crippen molar-refractivity contribution in [2.75, 3.05) is 5.32 Å². The van der Waals surface area contributed by atoms with Crippen LogP contribution in [0.15, 0.2) is 45.8 Å². The molecular weight excluding hydrogens is 476 g/mol. The highest BCUT2D eigenvalue weighted by atomic mass is 32.2. The molecule has 3 aromatic rings. The third-order valence-electron chi connectivity index (χ3n) is 7.03. The van der Waals surface area contributed by atoms with Gasteiger partial charge in [0.05, 0.1) is 22.8 Å². The van der Waals surface area contributed by atoms with Gasteiger partial charge in [0.1, 0.15) is 5.60 Å². The number of nitrogens with one attached hydrogen (secondary N) is 1. The monoisotopic (exact) mass is 508 g/mol. The van der Waals surface area contributed by atoms with Crippen LogP contribution in [0.5, 0.6) is 0 Å². The van der Waals surface area contributed by atoms with Gasteiger partial charge in [-0.3, -0.25) is 4.98 Å². The maximum atomic E-state index is 13.5. The number of aryl methyl sites for hydroxylation is 1. The fourth-order valence-electron chi connectivity index (χ4n) is 5.14. The Hall–Kier alpha value is -3.08. The molecule has 4 N–H and O–H groups in total. The molecule has 36 heavy (non-hydrogen) atoms. The number of carbonyl (C=O) groups excluding carboxylic acids is 1. The summed E-state index contributed by atoms with van der Waals surface area (Å²) in [7, 11) is -3.70. The molecule has 2 aromatic heterocycles. The van der Waals surface area contributed by atoms with Crippen molar-refractivity contribution >= 4 is 21.6 Å². The summed E-state index contributed by atoms with van der Waals surface area (Å²) < 4.78 is 18.8. The molecule has 5 rings (SSSR count). The fourth-order valence-corrected chi connectivity index (χ4v) is 6.00. The second-order valence-electron chi connectivity index (χ2n) is 10.7. The summed E-state index contributed by atoms with van der Waals surface area (Å²) in [6.45, 7) is 7.53. The number of fused-ring (bicyclic) bond motifs is 2. The number of aromatic nitrogens is 3. The van der Waals surface area contributed by atoms with Crippen molar-refractivity contribution in [1.82, 2.24) is 14.8 Å². The Labute approximate surface area is 211 Å². The minimum Gasteiger partial charge on any atom is -0.384 e. The summed E-state index contributed by atoms with van der Waals surface area (Å²) >= 11 is 0. The topological polar surface area (TPSA) is 135 Å². The number of benzene rings is 1. The number of rotatable bonds is 4. The van der Waals surface area contributed by atoms with Crippen LogP contribution in [0.2, 0.25) is 0 Å². The summed E-state index contributed by atoms with van der Waals surface area (Å²) in [6, 6.07) is 9.78. The summed E-state index contributed by atoms with van der Waals surface area (Å²) in [5, 5.41) is 24.0. The van der Waals surface area contributed by atoms with Crippen LogP contribution in [0.4, 0.5) is 10.5 Å². The number of hydrogen-bond donors (Lipinski definition) is 3. The molecule has 9 nitrogen and oxygen atoms in total. The average Bonchev–Trinajstić information content (AvgIpc) is 3.51. The second-order valence-corrected chi connectivity index (χ2v) is 12.5. The number of nitrogens with zero attached hydrogens (tertiary/aromatic N) is 4. The number of para-hydroxylation sites is 1. The molecule has 0 saturated carbocycles. The zero-order valence-corrected chi connectivity index (χ0v) is 21.9. The van der Waals surface area contributed by atoms with Gasteiger partial charge in [0.25, 0.3) is 0 Å². The molecule has 2 heterocycles. The first-order chi connectivity index (χ1) is 16.9. The first kappa shape index (κ1) is 24.6. The number of amides is 2. The molecule has 0 bridgehead atoms. The van der Waals surface area contributed by atoms with E-state index in [1.165, 1.54) is 10.7 Å². The lowest BCUT2D eigenvalue weighted by Crippen LogP contribution is -2.20. The van der Waals surface area contributed by atoms with Crippen LogP contribution >= 0.6 is 0 Å². The third-order valence-corrected chi connectivity index (χ3v) is 8.27. The minimum atomic E-state index is -3.70. The molecule has 2 amide bonds. The highest BCUT2D eigenvalue weighted by molar-refractivity contribution is 7.91. The fraction of sp³-hybridized carbons (Fsp3) is 0.423. The van der Waals surface area contributed by atoms with E-state index in [4.69, 9.17) is 10.1 Å². The highest BCUT2D eigenvalue weighted by Gasteiger charge is 2.36. The summed E-state index contributed by atoms with van der Waals surface area (Å²) in [5.41, 5.74) is 4.52. The van der Waals surface area contributed by atoms with E-state index < -0.39 is 21.5 Å². The van der Waals surface area contributed by atoms with E-state index in [1.54, 1.807) is 26.0 Å². The van der Waals surface area contributed by atoms with Crippen molar-refractivity contribution in [3.05, 3.63) is 64.6 Å². The van der Waals surface area contributed by atoms with Gasteiger partial charge in [-0.25, -0.2) is 18.8 Å². The Morgan fingerprint density at radius 1 is 1.19 bits per heavy atom. The van der Waals surface area contributed by atoms with Crippen LogP contribution in [0, 0.1) is 0 Å². The Morgan fingerprint density at radius 3 is 2.61 bits per heavy atom. The summed E-state index contributed by atoms with van der Waals surface area (Å²) in [6.07, 6.45) is 4.45. The smallest absolute Gasteiger partial charge is 0.354 e. The van der Waals surface area contributed by atoms with Gasteiger partial charge < -0.3 is 10.4 Å². The van der Waals surface area contributed by atoms with E-state index in [1.807, 2.05) is 18.2 Å². The minimum absolute atomic E-state index is 0.0667. The van der Waals surface area contributed by atoms with Crippen molar-refractivity contribution in [3.63, 3.8) is 0 Å². The van der Waals surface area contributed by atoms with Gasteiger partial charge in [-0.1, -0.05) is 32.0 Å². The number of urea groups is 1. The normalized spacial score (nSPS) is 17.8. The lowest BCUT2D eigenvalue weighted by Gasteiger charge is -2.20. The van der Waals surface area contributed by atoms with E-state index in [-0.39, 0.29) is 10.4 Å². The average molecular weight is 509 g/mol. The molecule has 0 aliphatic heterocycles. The van der Waals surface area contributed by atoms with E-state index in [0.717, 1.165) is 60.3 Å². The van der Waals surface area contributed by atoms with Gasteiger partial charge in [0.15, 0.2) is 14.9 Å². The molecule has 1 aromatic carbocycles. The van der Waals surface area contributed by atoms with Crippen molar-refractivity contribution in [3.8, 4) is 5.69 Å². The number of aliphatic hydroxyl groups is 1. The van der Waals surface area contributed by atoms with Gasteiger partial charge in [-0.05, 0) is 69.2 Å². The van der Waals surface area contributed by atoms with Crippen molar-refractivity contribution < 1.29 is 14.1 Å². The molecule has 10 heteroatoms. The van der Waals surface area contributed by atoms with E-state index in [0.29, 0.717) is 11.4 Å². The Kier molecular flexibility index (Phi) is 5.81. The van der Waals surface area contributed by atoms with Gasteiger partial charge in [0.2, 0.25) is 0 Å². The van der Waals surface area contributed by atoms with Crippen LogP contribution in [0.25, 0.3) is 5.69 Å². The largest absolute Gasteiger partial charge is 0.384 e. The zero-order chi connectivity index (χ0) is 25.9. The first-order valence-electron chi connectivity index (χ1n) is 12.2. The quantitative estimate of drug-likeness (QED) is 0.487. The molecule has 0 fully saturated rings. The molecule has 0 radical (unpaired) electrons. The Morgan fingerprint density at radius 2 is 1.92 bits per heavy atom. The molecule has 2 aliphatic rings. The van der Waals surface area contributed by atoms with Crippen molar-refractivity contribution in [1.29, 1.82) is 0 Å². The lowest BCUT2D eigenvalue weighted by molar-refractivity contribution is 0.0711. The zero-order valence-electron chi connectivity index (χ0n) is 21.0.